The Balaban J connectivity index is 2.86. The molecule has 1 N–H and O–H groups in total. The average Bonchev–Trinajstić information content (AvgIpc) is 2.45. The molecule has 0 heterocycles. The van der Waals surface area contributed by atoms with Gasteiger partial charge in [-0.2, -0.15) is 0 Å². The summed E-state index contributed by atoms with van der Waals surface area (Å²) in [6, 6.07) is 7.29. The van der Waals surface area contributed by atoms with Gasteiger partial charge < -0.3 is 10.2 Å². The molecule has 1 aromatic rings. The third-order valence-electron chi connectivity index (χ3n) is 3.09. The van der Waals surface area contributed by atoms with E-state index in [2.05, 4.69) is 21.2 Å². The van der Waals surface area contributed by atoms with E-state index in [0.29, 0.717) is 19.5 Å². The maximum Gasteiger partial charge on any atom is 0.242 e. The summed E-state index contributed by atoms with van der Waals surface area (Å²) >= 11 is 3.38. The molecule has 0 unspecified atom stereocenters. The summed E-state index contributed by atoms with van der Waals surface area (Å²) < 4.78 is 0.992. The molecule has 0 spiro atoms. The van der Waals surface area contributed by atoms with Gasteiger partial charge in [0.2, 0.25) is 11.8 Å². The minimum Gasteiger partial charge on any atom is -0.355 e. The second-order valence-corrected chi connectivity index (χ2v) is 5.49. The quantitative estimate of drug-likeness (QED) is 0.865. The van der Waals surface area contributed by atoms with E-state index in [9.17, 15) is 9.59 Å². The second kappa shape index (κ2) is 8.04. The molecule has 1 rings (SSSR count). The van der Waals surface area contributed by atoms with Gasteiger partial charge in [0, 0.05) is 24.0 Å². The molecule has 20 heavy (non-hydrogen) atoms. The highest BCUT2D eigenvalue weighted by atomic mass is 79.9. The molecule has 0 aromatic heterocycles. The summed E-state index contributed by atoms with van der Waals surface area (Å²) in [5.41, 5.74) is 1.01. The molecule has 0 fully saturated rings. The molecule has 1 aromatic carbocycles. The molecule has 2 amide bonds. The number of hydrogen-bond donors (Lipinski definition) is 1. The number of carbonyl (C=O) groups is 2. The molecule has 1 atom stereocenters. The summed E-state index contributed by atoms with van der Waals surface area (Å²) in [5.74, 6) is -0.141. The van der Waals surface area contributed by atoms with Crippen LogP contribution in [0.25, 0.3) is 0 Å². The Bertz CT molecular complexity index is 459. The largest absolute Gasteiger partial charge is 0.355 e. The monoisotopic (exact) mass is 340 g/mol. The Kier molecular flexibility index (Phi) is 6.71. The fourth-order valence-corrected chi connectivity index (χ4v) is 2.16. The summed E-state index contributed by atoms with van der Waals surface area (Å²) in [6.45, 7) is 6.44. The molecule has 0 aliphatic rings. The van der Waals surface area contributed by atoms with Crippen LogP contribution in [0.4, 0.5) is 0 Å². The topological polar surface area (TPSA) is 49.4 Å². The fraction of sp³-hybridized carbons (Fsp3) is 0.467. The number of nitrogens with one attached hydrogen (secondary N) is 1. The molecular formula is C15H21BrN2O2. The molecule has 5 heteroatoms. The number of rotatable bonds is 6. The Morgan fingerprint density at radius 1 is 1.25 bits per heavy atom. The van der Waals surface area contributed by atoms with E-state index >= 15 is 0 Å². The SMILES string of the molecule is CCNC(=O)[C@@H](C)N(Cc1ccc(Br)cc1)C(=O)CC. The maximum atomic E-state index is 12.1. The van der Waals surface area contributed by atoms with Crippen LogP contribution in [-0.2, 0) is 16.1 Å². The second-order valence-electron chi connectivity index (χ2n) is 4.57. The molecule has 0 aliphatic heterocycles. The first-order chi connectivity index (χ1) is 9.49. The number of nitrogens with zero attached hydrogens (tertiary/aromatic N) is 1. The highest BCUT2D eigenvalue weighted by Gasteiger charge is 2.24. The van der Waals surface area contributed by atoms with Crippen molar-refractivity contribution in [1.29, 1.82) is 0 Å². The van der Waals surface area contributed by atoms with Gasteiger partial charge in [0.05, 0.1) is 0 Å². The third-order valence-corrected chi connectivity index (χ3v) is 3.62. The Labute approximate surface area is 128 Å². The Morgan fingerprint density at radius 3 is 2.35 bits per heavy atom. The molecule has 0 saturated carbocycles. The smallest absolute Gasteiger partial charge is 0.242 e. The average molecular weight is 341 g/mol. The zero-order valence-electron chi connectivity index (χ0n) is 12.1. The highest BCUT2D eigenvalue weighted by Crippen LogP contribution is 2.14. The van der Waals surface area contributed by atoms with Crippen LogP contribution in [0.5, 0.6) is 0 Å². The van der Waals surface area contributed by atoms with Crippen molar-refractivity contribution < 1.29 is 9.59 Å². The highest BCUT2D eigenvalue weighted by molar-refractivity contribution is 9.10. The lowest BCUT2D eigenvalue weighted by atomic mass is 10.1. The van der Waals surface area contributed by atoms with E-state index in [-0.39, 0.29) is 11.8 Å². The van der Waals surface area contributed by atoms with Crippen LogP contribution in [0.3, 0.4) is 0 Å². The van der Waals surface area contributed by atoms with Crippen LogP contribution < -0.4 is 5.32 Å². The summed E-state index contributed by atoms with van der Waals surface area (Å²) in [5, 5.41) is 2.76. The van der Waals surface area contributed by atoms with Crippen LogP contribution in [0.2, 0.25) is 0 Å². The van der Waals surface area contributed by atoms with Crippen molar-refractivity contribution in [2.24, 2.45) is 0 Å². The Hall–Kier alpha value is -1.36. The number of likely N-dealkylation sites (N-methyl/N-ethyl adjacent to an activating group) is 1. The normalized spacial score (nSPS) is 11.8. The minimum absolute atomic E-state index is 0.0216. The lowest BCUT2D eigenvalue weighted by Gasteiger charge is -2.28. The van der Waals surface area contributed by atoms with Crippen molar-refractivity contribution in [3.05, 3.63) is 34.3 Å². The van der Waals surface area contributed by atoms with Crippen molar-refractivity contribution in [1.82, 2.24) is 10.2 Å². The van der Waals surface area contributed by atoms with Gasteiger partial charge in [-0.3, -0.25) is 9.59 Å². The predicted molar refractivity (Wildman–Crippen MR) is 83.1 cm³/mol. The third kappa shape index (κ3) is 4.63. The minimum atomic E-state index is -0.467. The molecule has 110 valence electrons. The van der Waals surface area contributed by atoms with Crippen molar-refractivity contribution in [2.75, 3.05) is 6.54 Å². The van der Waals surface area contributed by atoms with Gasteiger partial charge in [-0.1, -0.05) is 35.0 Å². The van der Waals surface area contributed by atoms with E-state index in [1.54, 1.807) is 18.7 Å². The van der Waals surface area contributed by atoms with Gasteiger partial charge in [0.1, 0.15) is 6.04 Å². The van der Waals surface area contributed by atoms with E-state index < -0.39 is 6.04 Å². The number of benzene rings is 1. The van der Waals surface area contributed by atoms with Gasteiger partial charge in [0.15, 0.2) is 0 Å². The lowest BCUT2D eigenvalue weighted by molar-refractivity contribution is -0.140. The van der Waals surface area contributed by atoms with Crippen LogP contribution in [0, 0.1) is 0 Å². The Morgan fingerprint density at radius 2 is 1.85 bits per heavy atom. The molecule has 0 radical (unpaired) electrons. The van der Waals surface area contributed by atoms with Crippen molar-refractivity contribution in [3.63, 3.8) is 0 Å². The van der Waals surface area contributed by atoms with Crippen molar-refractivity contribution in [3.8, 4) is 0 Å². The summed E-state index contributed by atoms with van der Waals surface area (Å²) in [4.78, 5) is 25.6. The van der Waals surface area contributed by atoms with Gasteiger partial charge in [0.25, 0.3) is 0 Å². The maximum absolute atomic E-state index is 12.1. The predicted octanol–water partition coefficient (Wildman–Crippen LogP) is 2.71. The molecular weight excluding hydrogens is 320 g/mol. The lowest BCUT2D eigenvalue weighted by Crippen LogP contribution is -2.47. The number of hydrogen-bond acceptors (Lipinski definition) is 2. The van der Waals surface area contributed by atoms with Crippen molar-refractivity contribution >= 4 is 27.7 Å². The van der Waals surface area contributed by atoms with Gasteiger partial charge in [-0.15, -0.1) is 0 Å². The van der Waals surface area contributed by atoms with Crippen molar-refractivity contribution in [2.45, 2.75) is 39.8 Å². The van der Waals surface area contributed by atoms with E-state index in [0.717, 1.165) is 10.0 Å². The number of amides is 2. The van der Waals surface area contributed by atoms with Gasteiger partial charge >= 0.3 is 0 Å². The molecule has 0 aliphatic carbocycles. The van der Waals surface area contributed by atoms with Crippen LogP contribution in [-0.4, -0.2) is 29.3 Å². The zero-order chi connectivity index (χ0) is 15.1. The molecule has 0 bridgehead atoms. The summed E-state index contributed by atoms with van der Waals surface area (Å²) in [6.07, 6.45) is 0.389. The fourth-order valence-electron chi connectivity index (χ4n) is 1.89. The standard InChI is InChI=1S/C15H21BrN2O2/c1-4-14(19)18(11(3)15(20)17-5-2)10-12-6-8-13(16)9-7-12/h6-9,11H,4-5,10H2,1-3H3,(H,17,20)/t11-/m1/s1. The van der Waals surface area contributed by atoms with Crippen LogP contribution in [0.1, 0.15) is 32.8 Å². The first kappa shape index (κ1) is 16.7. The molecule has 0 saturated heterocycles. The molecule has 4 nitrogen and oxygen atoms in total. The van der Waals surface area contributed by atoms with Gasteiger partial charge in [-0.25, -0.2) is 0 Å². The number of carbonyl (C=O) groups excluding carboxylic acids is 2. The first-order valence-electron chi connectivity index (χ1n) is 6.81. The zero-order valence-corrected chi connectivity index (χ0v) is 13.7. The van der Waals surface area contributed by atoms with E-state index in [1.807, 2.05) is 31.2 Å². The van der Waals surface area contributed by atoms with Crippen LogP contribution >= 0.6 is 15.9 Å². The summed E-state index contributed by atoms with van der Waals surface area (Å²) in [7, 11) is 0. The van der Waals surface area contributed by atoms with Gasteiger partial charge in [-0.05, 0) is 31.5 Å². The van der Waals surface area contributed by atoms with Crippen LogP contribution in [0.15, 0.2) is 28.7 Å². The number of halogens is 1. The van der Waals surface area contributed by atoms with E-state index in [4.69, 9.17) is 0 Å². The van der Waals surface area contributed by atoms with E-state index in [1.165, 1.54) is 0 Å². The first-order valence-corrected chi connectivity index (χ1v) is 7.60.